The summed E-state index contributed by atoms with van der Waals surface area (Å²) in [4.78, 5) is 53.0. The Kier molecular flexibility index (Phi) is 6.12. The van der Waals surface area contributed by atoms with Crippen LogP contribution < -0.4 is 5.32 Å². The molecule has 178 valence electrons. The van der Waals surface area contributed by atoms with Crippen LogP contribution in [0.1, 0.15) is 37.9 Å². The predicted octanol–water partition coefficient (Wildman–Crippen LogP) is 5.72. The van der Waals surface area contributed by atoms with Gasteiger partial charge in [-0.1, -0.05) is 66.2 Å². The number of carbonyl (C=O) groups excluding carboxylic acids is 4. The van der Waals surface area contributed by atoms with Crippen LogP contribution in [-0.2, 0) is 14.3 Å². The Morgan fingerprint density at radius 3 is 2.39 bits per heavy atom. The van der Waals surface area contributed by atoms with Crippen LogP contribution in [0.4, 0.5) is 5.69 Å². The Morgan fingerprint density at radius 2 is 1.61 bits per heavy atom. The number of benzene rings is 4. The Labute approximate surface area is 211 Å². The minimum Gasteiger partial charge on any atom is -0.453 e. The van der Waals surface area contributed by atoms with Crippen molar-refractivity contribution in [3.05, 3.63) is 112 Å². The van der Waals surface area contributed by atoms with Crippen molar-refractivity contribution in [3.8, 4) is 0 Å². The number of nitrogens with one attached hydrogen (secondary N) is 1. The molecule has 2 atom stereocenters. The number of esters is 1. The quantitative estimate of drug-likeness (QED) is 0.159. The average Bonchev–Trinajstić information content (AvgIpc) is 3.21. The van der Waals surface area contributed by atoms with Gasteiger partial charge in [-0.15, -0.1) is 0 Å². The molecule has 0 saturated carbocycles. The summed E-state index contributed by atoms with van der Waals surface area (Å²) in [6, 6.07) is 23.9. The number of rotatable bonds is 6. The molecule has 36 heavy (non-hydrogen) atoms. The van der Waals surface area contributed by atoms with Crippen LogP contribution in [0.25, 0.3) is 10.8 Å². The van der Waals surface area contributed by atoms with Gasteiger partial charge < -0.3 is 10.1 Å². The molecule has 1 amide bonds. The highest BCUT2D eigenvalue weighted by molar-refractivity contribution is 6.45. The third kappa shape index (κ3) is 4.27. The Balaban J connectivity index is 1.54. The number of ketones is 2. The van der Waals surface area contributed by atoms with Crippen LogP contribution in [0.15, 0.2) is 84.9 Å². The lowest BCUT2D eigenvalue weighted by Gasteiger charge is -2.21. The molecule has 1 aliphatic rings. The number of ether oxygens (including phenoxy) is 1. The highest BCUT2D eigenvalue weighted by Gasteiger charge is 2.46. The Morgan fingerprint density at radius 1 is 0.889 bits per heavy atom. The average molecular weight is 498 g/mol. The fraction of sp³-hybridized carbons (Fsp3) is 0.103. The summed E-state index contributed by atoms with van der Waals surface area (Å²) in [5.41, 5.74) is 1.94. The number of aryl methyl sites for hydroxylation is 1. The van der Waals surface area contributed by atoms with Gasteiger partial charge in [0.05, 0.1) is 5.56 Å². The van der Waals surface area contributed by atoms with E-state index < -0.39 is 35.5 Å². The van der Waals surface area contributed by atoms with E-state index in [1.165, 1.54) is 0 Å². The summed E-state index contributed by atoms with van der Waals surface area (Å²) in [5, 5.41) is 4.78. The number of amides is 1. The van der Waals surface area contributed by atoms with Crippen molar-refractivity contribution in [2.75, 3.05) is 5.32 Å². The summed E-state index contributed by atoms with van der Waals surface area (Å²) < 4.78 is 5.51. The van der Waals surface area contributed by atoms with Gasteiger partial charge in [-0.05, 0) is 53.6 Å². The minimum absolute atomic E-state index is 0.239. The summed E-state index contributed by atoms with van der Waals surface area (Å²) in [7, 11) is 0. The summed E-state index contributed by atoms with van der Waals surface area (Å²) >= 11 is 5.99. The maximum atomic E-state index is 13.8. The molecule has 4 aromatic carbocycles. The molecule has 0 radical (unpaired) electrons. The molecule has 0 bridgehead atoms. The summed E-state index contributed by atoms with van der Waals surface area (Å²) in [6.07, 6.45) is -1.22. The number of hydrogen-bond donors (Lipinski definition) is 1. The van der Waals surface area contributed by atoms with Gasteiger partial charge in [0.25, 0.3) is 5.91 Å². The highest BCUT2D eigenvalue weighted by atomic mass is 35.5. The van der Waals surface area contributed by atoms with Gasteiger partial charge in [-0.3, -0.25) is 14.4 Å². The first-order chi connectivity index (χ1) is 17.3. The number of fused-ring (bicyclic) bond motifs is 2. The van der Waals surface area contributed by atoms with Crippen molar-refractivity contribution in [3.63, 3.8) is 0 Å². The van der Waals surface area contributed by atoms with Crippen molar-refractivity contribution in [2.24, 2.45) is 5.92 Å². The molecule has 0 unspecified atom stereocenters. The second kappa shape index (κ2) is 9.40. The number of anilines is 1. The lowest BCUT2D eigenvalue weighted by molar-refractivity contribution is -0.138. The van der Waals surface area contributed by atoms with Gasteiger partial charge in [0.2, 0.25) is 5.78 Å². The van der Waals surface area contributed by atoms with Gasteiger partial charge >= 0.3 is 5.97 Å². The maximum absolute atomic E-state index is 13.8. The first-order valence-electron chi connectivity index (χ1n) is 11.3. The molecule has 1 aliphatic heterocycles. The van der Waals surface area contributed by atoms with Crippen LogP contribution in [0, 0.1) is 12.8 Å². The SMILES string of the molecule is Cc1cc(Cl)ccc1NC(=O)C(=O)[C@@H](C(=O)c1ccc2ccccc2c1)[C@@H]1OC(=O)c2ccccc21. The van der Waals surface area contributed by atoms with Crippen LogP contribution in [0.5, 0.6) is 0 Å². The summed E-state index contributed by atoms with van der Waals surface area (Å²) in [5.74, 6) is -4.81. The molecule has 0 fully saturated rings. The van der Waals surface area contributed by atoms with Gasteiger partial charge in [0.1, 0.15) is 12.0 Å². The van der Waals surface area contributed by atoms with Crippen molar-refractivity contribution in [1.82, 2.24) is 0 Å². The summed E-state index contributed by atoms with van der Waals surface area (Å²) in [6.45, 7) is 1.73. The van der Waals surface area contributed by atoms with E-state index in [9.17, 15) is 19.2 Å². The fourth-order valence-electron chi connectivity index (χ4n) is 4.43. The number of halogens is 1. The van der Waals surface area contributed by atoms with E-state index in [2.05, 4.69) is 5.32 Å². The largest absolute Gasteiger partial charge is 0.453 e. The highest BCUT2D eigenvalue weighted by Crippen LogP contribution is 2.38. The molecular formula is C29H20ClNO5. The molecule has 5 rings (SSSR count). The normalized spacial score (nSPS) is 15.2. The molecule has 4 aromatic rings. The third-order valence-corrected chi connectivity index (χ3v) is 6.52. The van der Waals surface area contributed by atoms with Crippen LogP contribution in [0.2, 0.25) is 5.02 Å². The molecular weight excluding hydrogens is 478 g/mol. The first kappa shape index (κ1) is 23.5. The van der Waals surface area contributed by atoms with Gasteiger partial charge in [-0.2, -0.15) is 0 Å². The fourth-order valence-corrected chi connectivity index (χ4v) is 4.66. The van der Waals surface area contributed by atoms with E-state index in [4.69, 9.17) is 16.3 Å². The second-order valence-electron chi connectivity index (χ2n) is 8.59. The Bertz CT molecular complexity index is 1560. The van der Waals surface area contributed by atoms with E-state index in [1.54, 1.807) is 67.6 Å². The third-order valence-electron chi connectivity index (χ3n) is 6.28. The van der Waals surface area contributed by atoms with Crippen molar-refractivity contribution >= 4 is 51.5 Å². The van der Waals surface area contributed by atoms with Gasteiger partial charge in [0, 0.05) is 21.8 Å². The van der Waals surface area contributed by atoms with Crippen molar-refractivity contribution in [2.45, 2.75) is 13.0 Å². The smallest absolute Gasteiger partial charge is 0.339 e. The van der Waals surface area contributed by atoms with E-state index in [0.717, 1.165) is 10.8 Å². The maximum Gasteiger partial charge on any atom is 0.339 e. The lowest BCUT2D eigenvalue weighted by Crippen LogP contribution is -2.38. The minimum atomic E-state index is -1.56. The zero-order valence-electron chi connectivity index (χ0n) is 19.2. The molecule has 0 saturated heterocycles. The zero-order chi connectivity index (χ0) is 25.4. The number of hydrogen-bond acceptors (Lipinski definition) is 5. The predicted molar refractivity (Wildman–Crippen MR) is 136 cm³/mol. The lowest BCUT2D eigenvalue weighted by atomic mass is 9.84. The first-order valence-corrected chi connectivity index (χ1v) is 11.7. The topological polar surface area (TPSA) is 89.5 Å². The van der Waals surface area contributed by atoms with E-state index in [-0.39, 0.29) is 11.1 Å². The second-order valence-corrected chi connectivity index (χ2v) is 9.03. The van der Waals surface area contributed by atoms with Gasteiger partial charge in [0.15, 0.2) is 5.78 Å². The number of Topliss-reactive ketones (excluding diaryl/α,β-unsaturated/α-hetero) is 2. The van der Waals surface area contributed by atoms with Crippen LogP contribution in [-0.4, -0.2) is 23.4 Å². The Hall–Kier alpha value is -4.29. The van der Waals surface area contributed by atoms with Gasteiger partial charge in [-0.25, -0.2) is 4.79 Å². The number of cyclic esters (lactones) is 1. The van der Waals surface area contributed by atoms with Crippen molar-refractivity contribution < 1.29 is 23.9 Å². The molecule has 1 heterocycles. The van der Waals surface area contributed by atoms with Crippen molar-refractivity contribution in [1.29, 1.82) is 0 Å². The number of carbonyl (C=O) groups is 4. The van der Waals surface area contributed by atoms with Crippen LogP contribution in [0.3, 0.4) is 0 Å². The molecule has 6 nitrogen and oxygen atoms in total. The molecule has 0 aliphatic carbocycles. The van der Waals surface area contributed by atoms with Crippen LogP contribution >= 0.6 is 11.6 Å². The zero-order valence-corrected chi connectivity index (χ0v) is 19.9. The molecule has 0 spiro atoms. The molecule has 0 aromatic heterocycles. The molecule has 7 heteroatoms. The van der Waals surface area contributed by atoms with E-state index >= 15 is 0 Å². The standard InChI is InChI=1S/C29H20ClNO5/c1-16-14-20(30)12-13-23(16)31-28(34)26(33)24(27-21-8-4-5-9-22(21)29(35)36-27)25(32)19-11-10-17-6-2-3-7-18(17)15-19/h2-15,24,27H,1H3,(H,31,34)/t24-,27-/m1/s1. The molecule has 1 N–H and O–H groups in total. The monoisotopic (exact) mass is 497 g/mol. The van der Waals surface area contributed by atoms with E-state index in [1.807, 2.05) is 24.3 Å². The van der Waals surface area contributed by atoms with E-state index in [0.29, 0.717) is 21.8 Å².